The number of amides is 1. The minimum Gasteiger partial charge on any atom is -0.349 e. The van der Waals surface area contributed by atoms with Crippen LogP contribution in [0, 0.1) is 40.3 Å². The van der Waals surface area contributed by atoms with E-state index in [1.807, 2.05) is 24.0 Å². The average molecular weight is 550 g/mol. The number of rotatable bonds is 4. The summed E-state index contributed by atoms with van der Waals surface area (Å²) in [7, 11) is 1.71. The van der Waals surface area contributed by atoms with Crippen molar-refractivity contribution in [2.75, 3.05) is 18.0 Å². The van der Waals surface area contributed by atoms with E-state index < -0.39 is 5.82 Å². The zero-order valence-corrected chi connectivity index (χ0v) is 23.0. The summed E-state index contributed by atoms with van der Waals surface area (Å²) in [5.74, 6) is 0.212. The number of fused-ring (bicyclic) bond motifs is 1. The number of aryl methyl sites for hydroxylation is 1. The van der Waals surface area contributed by atoms with Crippen molar-refractivity contribution in [2.45, 2.75) is 38.8 Å². The van der Waals surface area contributed by atoms with Crippen molar-refractivity contribution < 1.29 is 9.18 Å². The molecule has 0 unspecified atom stereocenters. The van der Waals surface area contributed by atoms with Crippen molar-refractivity contribution in [3.63, 3.8) is 0 Å². The van der Waals surface area contributed by atoms with Crippen molar-refractivity contribution >= 4 is 22.6 Å². The largest absolute Gasteiger partial charge is 0.349 e. The smallest absolute Gasteiger partial charge is 0.226 e. The average Bonchev–Trinajstić information content (AvgIpc) is 3.32. The molecular weight excluding hydrogens is 521 g/mol. The lowest BCUT2D eigenvalue weighted by Crippen LogP contribution is -2.60. The molecule has 0 bridgehead atoms. The van der Waals surface area contributed by atoms with E-state index in [0.29, 0.717) is 54.2 Å². The SMILES string of the molecule is C[C@@H]1CN(c2ncnc3c(-c4cc(C#N)n(C)n4)ccc(-c4cncc(F)c4)c23)[C@@H](C)CN1C(=O)C1CC(C#N)C1. The van der Waals surface area contributed by atoms with Gasteiger partial charge in [0.15, 0.2) is 0 Å². The van der Waals surface area contributed by atoms with Gasteiger partial charge in [0.25, 0.3) is 0 Å². The molecule has 4 heterocycles. The topological polar surface area (TPSA) is 128 Å². The molecule has 1 saturated carbocycles. The van der Waals surface area contributed by atoms with Crippen LogP contribution >= 0.6 is 0 Å². The number of hydrogen-bond acceptors (Lipinski definition) is 8. The molecule has 2 fully saturated rings. The maximum atomic E-state index is 14.3. The molecule has 1 amide bonds. The van der Waals surface area contributed by atoms with E-state index in [1.54, 1.807) is 19.3 Å². The van der Waals surface area contributed by atoms with Crippen LogP contribution in [0.5, 0.6) is 0 Å². The lowest BCUT2D eigenvalue weighted by molar-refractivity contribution is -0.142. The number of carbonyl (C=O) groups is 1. The second-order valence-corrected chi connectivity index (χ2v) is 11.0. The van der Waals surface area contributed by atoms with Crippen molar-refractivity contribution in [2.24, 2.45) is 18.9 Å². The Bertz CT molecular complexity index is 1750. The minimum absolute atomic E-state index is 0.0291. The Morgan fingerprint density at radius 3 is 2.54 bits per heavy atom. The van der Waals surface area contributed by atoms with Gasteiger partial charge < -0.3 is 9.80 Å². The summed E-state index contributed by atoms with van der Waals surface area (Å²) in [6.07, 6.45) is 5.53. The van der Waals surface area contributed by atoms with Crippen LogP contribution in [0.3, 0.4) is 0 Å². The van der Waals surface area contributed by atoms with Crippen LogP contribution < -0.4 is 4.90 Å². The van der Waals surface area contributed by atoms with Crippen molar-refractivity contribution in [3.8, 4) is 34.5 Å². The van der Waals surface area contributed by atoms with Crippen molar-refractivity contribution in [1.29, 1.82) is 10.5 Å². The predicted molar refractivity (Wildman–Crippen MR) is 149 cm³/mol. The molecule has 11 heteroatoms. The number of aromatic nitrogens is 5. The predicted octanol–water partition coefficient (Wildman–Crippen LogP) is 4.08. The molecule has 0 radical (unpaired) electrons. The molecular formula is C30H28FN9O. The van der Waals surface area contributed by atoms with Crippen LogP contribution in [-0.4, -0.2) is 60.7 Å². The Kier molecular flexibility index (Phi) is 6.58. The van der Waals surface area contributed by atoms with Gasteiger partial charge in [-0.2, -0.15) is 15.6 Å². The number of halogens is 1. The summed E-state index contributed by atoms with van der Waals surface area (Å²) >= 11 is 0. The van der Waals surface area contributed by atoms with E-state index in [0.717, 1.165) is 22.7 Å². The first kappa shape index (κ1) is 26.3. The monoisotopic (exact) mass is 549 g/mol. The van der Waals surface area contributed by atoms with E-state index in [-0.39, 0.29) is 29.8 Å². The summed E-state index contributed by atoms with van der Waals surface area (Å²) in [4.78, 5) is 30.8. The fourth-order valence-electron chi connectivity index (χ4n) is 5.97. The van der Waals surface area contributed by atoms with Crippen LogP contribution in [0.25, 0.3) is 33.3 Å². The second-order valence-electron chi connectivity index (χ2n) is 11.0. The second kappa shape index (κ2) is 10.3. The Morgan fingerprint density at radius 1 is 1.05 bits per heavy atom. The molecule has 41 heavy (non-hydrogen) atoms. The molecule has 1 aliphatic heterocycles. The first-order valence-corrected chi connectivity index (χ1v) is 13.6. The molecule has 1 saturated heterocycles. The standard InChI is InChI=1S/C30H28FN9O/c1-17-15-40(30(41)20-6-19(7-20)10-32)18(2)14-39(17)29-27-24(21-8-22(31)13-34-12-21)4-5-25(28(27)35-16-36-29)26-9-23(11-33)38(3)37-26/h4-5,8-9,12-13,16-20H,6-7,14-15H2,1-3H3/t17-,18+,19?,20?/m0/s1. The van der Waals surface area contributed by atoms with E-state index >= 15 is 0 Å². The molecule has 2 atom stereocenters. The maximum absolute atomic E-state index is 14.3. The lowest BCUT2D eigenvalue weighted by Gasteiger charge is -2.47. The van der Waals surface area contributed by atoms with E-state index in [2.05, 4.69) is 39.0 Å². The quantitative estimate of drug-likeness (QED) is 0.373. The molecule has 6 rings (SSSR count). The van der Waals surface area contributed by atoms with Gasteiger partial charge in [-0.1, -0.05) is 6.07 Å². The zero-order chi connectivity index (χ0) is 28.8. The Labute approximate surface area is 236 Å². The van der Waals surface area contributed by atoms with Crippen LogP contribution in [0.2, 0.25) is 0 Å². The number of piperazine rings is 1. The molecule has 3 aromatic heterocycles. The number of hydrogen-bond donors (Lipinski definition) is 0. The van der Waals surface area contributed by atoms with Gasteiger partial charge >= 0.3 is 0 Å². The van der Waals surface area contributed by atoms with Crippen LogP contribution in [0.1, 0.15) is 32.4 Å². The molecule has 0 spiro atoms. The first-order valence-electron chi connectivity index (χ1n) is 13.6. The fraction of sp³-hybridized carbons (Fsp3) is 0.367. The Balaban J connectivity index is 1.45. The highest BCUT2D eigenvalue weighted by Gasteiger charge is 2.41. The molecule has 4 aromatic rings. The Morgan fingerprint density at radius 2 is 1.83 bits per heavy atom. The van der Waals surface area contributed by atoms with Gasteiger partial charge in [0.1, 0.15) is 29.7 Å². The highest BCUT2D eigenvalue weighted by Crippen LogP contribution is 2.40. The molecule has 10 nitrogen and oxygen atoms in total. The summed E-state index contributed by atoms with van der Waals surface area (Å²) < 4.78 is 15.8. The summed E-state index contributed by atoms with van der Waals surface area (Å²) in [5, 5.41) is 23.9. The fourth-order valence-corrected chi connectivity index (χ4v) is 5.97. The molecule has 206 valence electrons. The highest BCUT2D eigenvalue weighted by molar-refractivity contribution is 6.07. The molecule has 1 aromatic carbocycles. The maximum Gasteiger partial charge on any atom is 0.226 e. The van der Waals surface area contributed by atoms with E-state index in [1.165, 1.54) is 17.1 Å². The lowest BCUT2D eigenvalue weighted by atomic mass is 9.75. The minimum atomic E-state index is -0.453. The number of pyridine rings is 1. The first-order chi connectivity index (χ1) is 19.8. The molecule has 0 N–H and O–H groups in total. The molecule has 2 aliphatic rings. The highest BCUT2D eigenvalue weighted by atomic mass is 19.1. The number of nitriles is 2. The van der Waals surface area contributed by atoms with Crippen LogP contribution in [0.15, 0.2) is 43.0 Å². The summed E-state index contributed by atoms with van der Waals surface area (Å²) in [6, 6.07) is 11.2. The number of carbonyl (C=O) groups excluding carboxylic acids is 1. The zero-order valence-electron chi connectivity index (χ0n) is 23.0. The van der Waals surface area contributed by atoms with Gasteiger partial charge in [-0.05, 0) is 44.4 Å². The van der Waals surface area contributed by atoms with Crippen molar-refractivity contribution in [1.82, 2.24) is 29.6 Å². The van der Waals surface area contributed by atoms with E-state index in [9.17, 15) is 14.4 Å². The van der Waals surface area contributed by atoms with Gasteiger partial charge in [-0.3, -0.25) is 14.5 Å². The number of benzene rings is 1. The van der Waals surface area contributed by atoms with Gasteiger partial charge in [0, 0.05) is 67.4 Å². The van der Waals surface area contributed by atoms with Gasteiger partial charge in [-0.25, -0.2) is 14.4 Å². The van der Waals surface area contributed by atoms with Crippen molar-refractivity contribution in [3.05, 3.63) is 54.5 Å². The van der Waals surface area contributed by atoms with Gasteiger partial charge in [0.05, 0.1) is 28.9 Å². The van der Waals surface area contributed by atoms with Gasteiger partial charge in [-0.15, -0.1) is 0 Å². The third kappa shape index (κ3) is 4.53. The summed E-state index contributed by atoms with van der Waals surface area (Å²) in [5.41, 5.74) is 3.66. The summed E-state index contributed by atoms with van der Waals surface area (Å²) in [6.45, 7) is 5.15. The Hall–Kier alpha value is -4.90. The third-order valence-corrected chi connectivity index (χ3v) is 8.27. The number of anilines is 1. The normalized spacial score (nSPS) is 22.2. The molecule has 1 aliphatic carbocycles. The van der Waals surface area contributed by atoms with Crippen LogP contribution in [-0.2, 0) is 11.8 Å². The van der Waals surface area contributed by atoms with Gasteiger partial charge in [0.2, 0.25) is 5.91 Å². The third-order valence-electron chi connectivity index (χ3n) is 8.27. The van der Waals surface area contributed by atoms with Crippen LogP contribution in [0.4, 0.5) is 10.2 Å². The van der Waals surface area contributed by atoms with E-state index in [4.69, 9.17) is 10.2 Å². The number of nitrogens with zero attached hydrogens (tertiary/aromatic N) is 9.